The van der Waals surface area contributed by atoms with Gasteiger partial charge in [0, 0.05) is 22.8 Å². The van der Waals surface area contributed by atoms with Crippen molar-refractivity contribution in [3.8, 4) is 0 Å². The van der Waals surface area contributed by atoms with E-state index < -0.39 is 0 Å². The molecule has 0 unspecified atom stereocenters. The van der Waals surface area contributed by atoms with Gasteiger partial charge in [0.2, 0.25) is 0 Å². The van der Waals surface area contributed by atoms with E-state index in [0.29, 0.717) is 17.0 Å². The lowest BCUT2D eigenvalue weighted by Crippen LogP contribution is -2.09. The van der Waals surface area contributed by atoms with E-state index in [9.17, 15) is 4.79 Å². The molecule has 18 heavy (non-hydrogen) atoms. The van der Waals surface area contributed by atoms with Gasteiger partial charge in [-0.15, -0.1) is 0 Å². The second-order valence-electron chi connectivity index (χ2n) is 4.20. The minimum absolute atomic E-state index is 0.0845. The van der Waals surface area contributed by atoms with Gasteiger partial charge in [0.15, 0.2) is 5.78 Å². The molecule has 0 saturated heterocycles. The number of aryl methyl sites for hydroxylation is 2. The van der Waals surface area contributed by atoms with E-state index in [2.05, 4.69) is 5.10 Å². The Labute approximate surface area is 111 Å². The molecule has 0 spiro atoms. The summed E-state index contributed by atoms with van der Waals surface area (Å²) in [6.45, 7) is 4.72. The zero-order chi connectivity index (χ0) is 13.1. The van der Waals surface area contributed by atoms with Crippen LogP contribution in [0, 0.1) is 6.92 Å². The van der Waals surface area contributed by atoms with Gasteiger partial charge < -0.3 is 0 Å². The molecular weight excluding hydrogens is 248 g/mol. The molecule has 2 rings (SSSR count). The SMILES string of the molecule is CCn1nc(C)cc1CC(=O)c1ccc(Cl)cc1. The van der Waals surface area contributed by atoms with Gasteiger partial charge in [-0.1, -0.05) is 11.6 Å². The summed E-state index contributed by atoms with van der Waals surface area (Å²) >= 11 is 5.80. The first-order chi connectivity index (χ1) is 8.60. The molecule has 0 aliphatic carbocycles. The predicted molar refractivity (Wildman–Crippen MR) is 72.1 cm³/mol. The summed E-state index contributed by atoms with van der Waals surface area (Å²) < 4.78 is 1.86. The molecule has 2 aromatic rings. The molecular formula is C14H15ClN2O. The summed E-state index contributed by atoms with van der Waals surface area (Å²) in [5.41, 5.74) is 2.58. The number of carbonyl (C=O) groups excluding carboxylic acids is 1. The normalized spacial score (nSPS) is 10.6. The van der Waals surface area contributed by atoms with Crippen LogP contribution in [0.1, 0.15) is 28.7 Å². The van der Waals surface area contributed by atoms with E-state index in [-0.39, 0.29) is 5.78 Å². The van der Waals surface area contributed by atoms with Crippen molar-refractivity contribution in [3.05, 3.63) is 52.3 Å². The third-order valence-corrected chi connectivity index (χ3v) is 3.04. The van der Waals surface area contributed by atoms with Gasteiger partial charge in [-0.05, 0) is 44.2 Å². The molecule has 0 aliphatic rings. The first-order valence-electron chi connectivity index (χ1n) is 5.92. The second kappa shape index (κ2) is 5.36. The summed E-state index contributed by atoms with van der Waals surface area (Å²) in [4.78, 5) is 12.1. The third-order valence-electron chi connectivity index (χ3n) is 2.79. The molecule has 0 saturated carbocycles. The van der Waals surface area contributed by atoms with E-state index in [1.807, 2.05) is 24.6 Å². The van der Waals surface area contributed by atoms with Crippen LogP contribution < -0.4 is 0 Å². The third kappa shape index (κ3) is 2.79. The number of aromatic nitrogens is 2. The Kier molecular flexibility index (Phi) is 3.82. The lowest BCUT2D eigenvalue weighted by Gasteiger charge is -2.04. The zero-order valence-corrected chi connectivity index (χ0v) is 11.2. The van der Waals surface area contributed by atoms with Crippen molar-refractivity contribution in [1.82, 2.24) is 9.78 Å². The Morgan fingerprint density at radius 3 is 2.61 bits per heavy atom. The van der Waals surface area contributed by atoms with Crippen molar-refractivity contribution in [3.63, 3.8) is 0 Å². The molecule has 0 fully saturated rings. The van der Waals surface area contributed by atoms with Gasteiger partial charge in [-0.3, -0.25) is 9.48 Å². The highest BCUT2D eigenvalue weighted by Gasteiger charge is 2.11. The van der Waals surface area contributed by atoms with Crippen LogP contribution in [-0.2, 0) is 13.0 Å². The number of carbonyl (C=O) groups is 1. The molecule has 4 heteroatoms. The van der Waals surface area contributed by atoms with Crippen molar-refractivity contribution in [1.29, 1.82) is 0 Å². The summed E-state index contributed by atoms with van der Waals surface area (Å²) in [7, 11) is 0. The molecule has 94 valence electrons. The number of rotatable bonds is 4. The van der Waals surface area contributed by atoms with Crippen molar-refractivity contribution >= 4 is 17.4 Å². The minimum atomic E-state index is 0.0845. The highest BCUT2D eigenvalue weighted by atomic mass is 35.5. The average Bonchev–Trinajstić information content (AvgIpc) is 2.70. The van der Waals surface area contributed by atoms with Crippen LogP contribution in [0.3, 0.4) is 0 Å². The quantitative estimate of drug-likeness (QED) is 0.793. The number of nitrogens with zero attached hydrogens (tertiary/aromatic N) is 2. The first-order valence-corrected chi connectivity index (χ1v) is 6.30. The molecule has 1 aromatic carbocycles. The van der Waals surface area contributed by atoms with E-state index >= 15 is 0 Å². The summed E-state index contributed by atoms with van der Waals surface area (Å²) in [6, 6.07) is 8.93. The van der Waals surface area contributed by atoms with Gasteiger partial charge in [0.25, 0.3) is 0 Å². The van der Waals surface area contributed by atoms with Crippen LogP contribution in [-0.4, -0.2) is 15.6 Å². The Hall–Kier alpha value is -1.61. The number of halogens is 1. The number of hydrogen-bond acceptors (Lipinski definition) is 2. The van der Waals surface area contributed by atoms with Crippen LogP contribution >= 0.6 is 11.6 Å². The molecule has 0 atom stereocenters. The van der Waals surface area contributed by atoms with Gasteiger partial charge in [-0.25, -0.2) is 0 Å². The molecule has 0 radical (unpaired) electrons. The van der Waals surface area contributed by atoms with E-state index in [4.69, 9.17) is 11.6 Å². The number of benzene rings is 1. The van der Waals surface area contributed by atoms with Crippen LogP contribution in [0.2, 0.25) is 5.02 Å². The van der Waals surface area contributed by atoms with Gasteiger partial charge in [0.05, 0.1) is 12.1 Å². The van der Waals surface area contributed by atoms with E-state index in [1.54, 1.807) is 24.3 Å². The van der Waals surface area contributed by atoms with E-state index in [1.165, 1.54) is 0 Å². The maximum absolute atomic E-state index is 12.1. The minimum Gasteiger partial charge on any atom is -0.294 e. The molecule has 0 aliphatic heterocycles. The van der Waals surface area contributed by atoms with Crippen molar-refractivity contribution in [2.24, 2.45) is 0 Å². The fourth-order valence-electron chi connectivity index (χ4n) is 1.92. The number of hydrogen-bond donors (Lipinski definition) is 0. The Bertz CT molecular complexity index is 558. The van der Waals surface area contributed by atoms with Crippen molar-refractivity contribution < 1.29 is 4.79 Å². The molecule has 3 nitrogen and oxygen atoms in total. The summed E-state index contributed by atoms with van der Waals surface area (Å²) in [5.74, 6) is 0.0845. The topological polar surface area (TPSA) is 34.9 Å². The first kappa shape index (κ1) is 12.8. The van der Waals surface area contributed by atoms with Gasteiger partial charge in [0.1, 0.15) is 0 Å². The summed E-state index contributed by atoms with van der Waals surface area (Å²) in [5, 5.41) is 4.97. The monoisotopic (exact) mass is 262 g/mol. The fraction of sp³-hybridized carbons (Fsp3) is 0.286. The Morgan fingerprint density at radius 2 is 2.00 bits per heavy atom. The van der Waals surface area contributed by atoms with Crippen LogP contribution in [0.25, 0.3) is 0 Å². The molecule has 1 heterocycles. The second-order valence-corrected chi connectivity index (χ2v) is 4.64. The Morgan fingerprint density at radius 1 is 1.33 bits per heavy atom. The van der Waals surface area contributed by atoms with Crippen molar-refractivity contribution in [2.75, 3.05) is 0 Å². The fourth-order valence-corrected chi connectivity index (χ4v) is 2.04. The number of Topliss-reactive ketones (excluding diaryl/α,β-unsaturated/α-hetero) is 1. The van der Waals surface area contributed by atoms with Gasteiger partial charge >= 0.3 is 0 Å². The maximum Gasteiger partial charge on any atom is 0.168 e. The van der Waals surface area contributed by atoms with E-state index in [0.717, 1.165) is 17.9 Å². The standard InChI is InChI=1S/C14H15ClN2O/c1-3-17-13(8-10(2)16-17)9-14(18)11-4-6-12(15)7-5-11/h4-8H,3,9H2,1-2H3. The Balaban J connectivity index is 2.18. The molecule has 0 bridgehead atoms. The maximum atomic E-state index is 12.1. The van der Waals surface area contributed by atoms with Crippen LogP contribution in [0.4, 0.5) is 0 Å². The molecule has 0 N–H and O–H groups in total. The predicted octanol–water partition coefficient (Wildman–Crippen LogP) is 3.29. The molecule has 0 amide bonds. The van der Waals surface area contributed by atoms with Crippen LogP contribution in [0.15, 0.2) is 30.3 Å². The average molecular weight is 263 g/mol. The highest BCUT2D eigenvalue weighted by molar-refractivity contribution is 6.30. The van der Waals surface area contributed by atoms with Crippen molar-refractivity contribution in [2.45, 2.75) is 26.8 Å². The number of ketones is 1. The zero-order valence-electron chi connectivity index (χ0n) is 10.5. The lowest BCUT2D eigenvalue weighted by molar-refractivity contribution is 0.0990. The summed E-state index contributed by atoms with van der Waals surface area (Å²) in [6.07, 6.45) is 0.371. The molecule has 1 aromatic heterocycles. The van der Waals surface area contributed by atoms with Gasteiger partial charge in [-0.2, -0.15) is 5.10 Å². The smallest absolute Gasteiger partial charge is 0.168 e. The van der Waals surface area contributed by atoms with Crippen LogP contribution in [0.5, 0.6) is 0 Å². The highest BCUT2D eigenvalue weighted by Crippen LogP contribution is 2.13. The lowest BCUT2D eigenvalue weighted by atomic mass is 10.1. The largest absolute Gasteiger partial charge is 0.294 e.